The number of hydrogen-bond acceptors (Lipinski definition) is 5. The van der Waals surface area contributed by atoms with Gasteiger partial charge in [0, 0.05) is 10.3 Å². The molecule has 0 saturated carbocycles. The van der Waals surface area contributed by atoms with E-state index in [0.29, 0.717) is 5.52 Å². The molecule has 3 aromatic rings. The molecule has 8 heteroatoms. The number of nitrogens with one attached hydrogen (secondary N) is 2. The fraction of sp³-hybridized carbons (Fsp3) is 0.111. The molecule has 2 aromatic heterocycles. The number of fused-ring (bicyclic) bond motifs is 1. The highest BCUT2D eigenvalue weighted by Gasteiger charge is 2.24. The van der Waals surface area contributed by atoms with Gasteiger partial charge in [-0.15, -0.1) is 11.3 Å². The highest BCUT2D eigenvalue weighted by molar-refractivity contribution is 7.94. The van der Waals surface area contributed by atoms with Crippen molar-refractivity contribution in [2.75, 3.05) is 5.75 Å². The van der Waals surface area contributed by atoms with Gasteiger partial charge in [0.1, 0.15) is 5.56 Å². The number of carbonyl (C=O) groups excluding carboxylic acids is 1. The second kappa shape index (κ2) is 6.22. The number of aromatic nitrogens is 1. The number of H-pyrrole nitrogens is 1. The van der Waals surface area contributed by atoms with E-state index in [0.717, 1.165) is 20.5 Å². The summed E-state index contributed by atoms with van der Waals surface area (Å²) < 4.78 is 23.6. The zero-order valence-electron chi connectivity index (χ0n) is 13.4. The summed E-state index contributed by atoms with van der Waals surface area (Å²) in [7, 11) is -3.27. The predicted molar refractivity (Wildman–Crippen MR) is 102 cm³/mol. The quantitative estimate of drug-likeness (QED) is 0.722. The Morgan fingerprint density at radius 3 is 2.65 bits per heavy atom. The summed E-state index contributed by atoms with van der Waals surface area (Å²) in [6.07, 6.45) is 1.42. The number of thiophene rings is 1. The van der Waals surface area contributed by atoms with E-state index in [9.17, 15) is 18.0 Å². The van der Waals surface area contributed by atoms with Gasteiger partial charge in [-0.25, -0.2) is 8.42 Å². The molecule has 0 saturated heterocycles. The molecule has 6 nitrogen and oxygen atoms in total. The molecular weight excluding hydrogens is 372 g/mol. The zero-order valence-corrected chi connectivity index (χ0v) is 15.1. The van der Waals surface area contributed by atoms with E-state index in [2.05, 4.69) is 10.3 Å². The standard InChI is InChI=1S/C18H14N2O4S2/c21-17(19-12-6-7-26(23,24)10-12)13-8-16-14(20-18(13)22)9-15(25-16)11-4-2-1-3-5-11/h1-9,12H,10H2,(H,19,21)(H,20,22). The van der Waals surface area contributed by atoms with Crippen molar-refractivity contribution in [1.82, 2.24) is 10.3 Å². The molecule has 132 valence electrons. The molecule has 1 aromatic carbocycles. The number of pyridine rings is 1. The molecule has 1 atom stereocenters. The highest BCUT2D eigenvalue weighted by Crippen LogP contribution is 2.32. The van der Waals surface area contributed by atoms with Gasteiger partial charge in [0.05, 0.1) is 22.0 Å². The Morgan fingerprint density at radius 1 is 1.19 bits per heavy atom. The lowest BCUT2D eigenvalue weighted by Crippen LogP contribution is -2.38. The van der Waals surface area contributed by atoms with Crippen LogP contribution < -0.4 is 10.9 Å². The van der Waals surface area contributed by atoms with E-state index in [1.165, 1.54) is 17.4 Å². The Bertz CT molecular complexity index is 1190. The maximum absolute atomic E-state index is 12.4. The Labute approximate surface area is 153 Å². The van der Waals surface area contributed by atoms with Crippen molar-refractivity contribution in [3.05, 3.63) is 69.9 Å². The normalized spacial score (nSPS) is 18.2. The lowest BCUT2D eigenvalue weighted by atomic mass is 10.2. The van der Waals surface area contributed by atoms with Gasteiger partial charge in [-0.05, 0) is 23.8 Å². The van der Waals surface area contributed by atoms with Crippen LogP contribution in [0, 0.1) is 0 Å². The molecule has 1 unspecified atom stereocenters. The summed E-state index contributed by atoms with van der Waals surface area (Å²) in [4.78, 5) is 28.4. The Kier molecular flexibility index (Phi) is 4.01. The maximum atomic E-state index is 12.4. The van der Waals surface area contributed by atoms with Crippen LogP contribution in [0.25, 0.3) is 20.7 Å². The molecule has 0 aliphatic carbocycles. The third kappa shape index (κ3) is 3.21. The number of amides is 1. The van der Waals surface area contributed by atoms with E-state index >= 15 is 0 Å². The average molecular weight is 386 g/mol. The second-order valence-corrected chi connectivity index (χ2v) is 9.02. The molecule has 0 fully saturated rings. The van der Waals surface area contributed by atoms with E-state index in [4.69, 9.17) is 0 Å². The van der Waals surface area contributed by atoms with E-state index in [-0.39, 0.29) is 11.3 Å². The third-order valence-electron chi connectivity index (χ3n) is 4.08. The van der Waals surface area contributed by atoms with Crippen LogP contribution in [-0.4, -0.2) is 31.1 Å². The smallest absolute Gasteiger partial charge is 0.261 e. The van der Waals surface area contributed by atoms with E-state index in [1.807, 2.05) is 36.4 Å². The highest BCUT2D eigenvalue weighted by atomic mass is 32.2. The van der Waals surface area contributed by atoms with Gasteiger partial charge in [0.15, 0.2) is 9.84 Å². The summed E-state index contributed by atoms with van der Waals surface area (Å²) in [5.74, 6) is -0.773. The topological polar surface area (TPSA) is 96.1 Å². The fourth-order valence-corrected chi connectivity index (χ4v) is 5.12. The van der Waals surface area contributed by atoms with Gasteiger partial charge in [0.2, 0.25) is 0 Å². The molecule has 0 spiro atoms. The van der Waals surface area contributed by atoms with Crippen LogP contribution in [0.5, 0.6) is 0 Å². The van der Waals surface area contributed by atoms with Crippen LogP contribution in [0.15, 0.2) is 58.7 Å². The minimum absolute atomic E-state index is 0.0309. The molecule has 0 radical (unpaired) electrons. The average Bonchev–Trinajstić information content (AvgIpc) is 3.17. The second-order valence-electron chi connectivity index (χ2n) is 6.00. The number of aromatic amines is 1. The van der Waals surface area contributed by atoms with Crippen molar-refractivity contribution < 1.29 is 13.2 Å². The van der Waals surface area contributed by atoms with Crippen molar-refractivity contribution in [2.24, 2.45) is 0 Å². The molecule has 1 aliphatic heterocycles. The minimum Gasteiger partial charge on any atom is -0.345 e. The molecule has 1 aliphatic rings. The third-order valence-corrected chi connectivity index (χ3v) is 6.61. The first-order valence-electron chi connectivity index (χ1n) is 7.85. The first-order chi connectivity index (χ1) is 12.4. The van der Waals surface area contributed by atoms with Gasteiger partial charge in [-0.3, -0.25) is 9.59 Å². The molecule has 3 heterocycles. The number of hydrogen-bond donors (Lipinski definition) is 2. The Morgan fingerprint density at radius 2 is 1.96 bits per heavy atom. The largest absolute Gasteiger partial charge is 0.345 e. The van der Waals surface area contributed by atoms with Crippen molar-refractivity contribution in [2.45, 2.75) is 6.04 Å². The lowest BCUT2D eigenvalue weighted by molar-refractivity contribution is 0.0946. The summed E-state index contributed by atoms with van der Waals surface area (Å²) in [6, 6.07) is 12.6. The van der Waals surface area contributed by atoms with Crippen LogP contribution in [0.4, 0.5) is 0 Å². The zero-order chi connectivity index (χ0) is 18.3. The number of benzene rings is 1. The first kappa shape index (κ1) is 16.7. The Balaban J connectivity index is 1.66. The monoisotopic (exact) mass is 386 g/mol. The number of sulfone groups is 1. The summed E-state index contributed by atoms with van der Waals surface area (Å²) >= 11 is 1.47. The van der Waals surface area contributed by atoms with Crippen molar-refractivity contribution in [3.63, 3.8) is 0 Å². The fourth-order valence-electron chi connectivity index (χ4n) is 2.82. The minimum atomic E-state index is -3.27. The van der Waals surface area contributed by atoms with Gasteiger partial charge in [-0.1, -0.05) is 30.3 Å². The van der Waals surface area contributed by atoms with Crippen LogP contribution in [0.2, 0.25) is 0 Å². The molecule has 1 amide bonds. The SMILES string of the molecule is O=C(NC1C=CS(=O)(=O)C1)c1cc2sc(-c3ccccc3)cc2[nH]c1=O. The van der Waals surface area contributed by atoms with E-state index in [1.54, 1.807) is 6.07 Å². The molecule has 0 bridgehead atoms. The molecule has 26 heavy (non-hydrogen) atoms. The molecule has 4 rings (SSSR count). The summed E-state index contributed by atoms with van der Waals surface area (Å²) in [5.41, 5.74) is 1.16. The van der Waals surface area contributed by atoms with E-state index < -0.39 is 27.3 Å². The van der Waals surface area contributed by atoms with Crippen molar-refractivity contribution in [3.8, 4) is 10.4 Å². The number of rotatable bonds is 3. The predicted octanol–water partition coefficient (Wildman–Crippen LogP) is 2.30. The van der Waals surface area contributed by atoms with Crippen LogP contribution in [0.3, 0.4) is 0 Å². The van der Waals surface area contributed by atoms with Crippen molar-refractivity contribution in [1.29, 1.82) is 0 Å². The van der Waals surface area contributed by atoms with Gasteiger partial charge in [0.25, 0.3) is 11.5 Å². The molecular formula is C18H14N2O4S2. The summed E-state index contributed by atoms with van der Waals surface area (Å²) in [6.45, 7) is 0. The Hall–Kier alpha value is -2.71. The van der Waals surface area contributed by atoms with Crippen LogP contribution in [0.1, 0.15) is 10.4 Å². The van der Waals surface area contributed by atoms with Crippen LogP contribution in [-0.2, 0) is 9.84 Å². The van der Waals surface area contributed by atoms with Gasteiger partial charge in [-0.2, -0.15) is 0 Å². The van der Waals surface area contributed by atoms with Crippen LogP contribution >= 0.6 is 11.3 Å². The lowest BCUT2D eigenvalue weighted by Gasteiger charge is -2.09. The van der Waals surface area contributed by atoms with Gasteiger partial charge >= 0.3 is 0 Å². The maximum Gasteiger partial charge on any atom is 0.261 e. The number of carbonyl (C=O) groups is 1. The first-order valence-corrected chi connectivity index (χ1v) is 10.4. The van der Waals surface area contributed by atoms with Crippen molar-refractivity contribution >= 4 is 37.3 Å². The summed E-state index contributed by atoms with van der Waals surface area (Å²) in [5, 5.41) is 3.65. The van der Waals surface area contributed by atoms with Gasteiger partial charge < -0.3 is 10.3 Å². The molecule has 2 N–H and O–H groups in total.